The molecule has 1 amide bonds. The number of carbonyl (C=O) groups excluding carboxylic acids is 3. The molecule has 0 bridgehead atoms. The highest BCUT2D eigenvalue weighted by Crippen LogP contribution is 2.34. The molecule has 2 heterocycles. The van der Waals surface area contributed by atoms with E-state index in [1.54, 1.807) is 32.0 Å². The molecule has 1 aromatic carbocycles. The predicted molar refractivity (Wildman–Crippen MR) is 122 cm³/mol. The van der Waals surface area contributed by atoms with Crippen LogP contribution in [0.1, 0.15) is 61.3 Å². The second kappa shape index (κ2) is 10.0. The number of hydrogen-bond donors (Lipinski definition) is 1. The van der Waals surface area contributed by atoms with Gasteiger partial charge in [-0.25, -0.2) is 4.79 Å². The molecule has 7 nitrogen and oxygen atoms in total. The number of ether oxygens (including phenoxy) is 2. The predicted octanol–water partition coefficient (Wildman–Crippen LogP) is 5.82. The van der Waals surface area contributed by atoms with Crippen molar-refractivity contribution < 1.29 is 28.3 Å². The van der Waals surface area contributed by atoms with Gasteiger partial charge in [0.25, 0.3) is 5.91 Å². The van der Waals surface area contributed by atoms with Crippen LogP contribution in [-0.2, 0) is 11.3 Å². The number of amides is 1. The van der Waals surface area contributed by atoms with Gasteiger partial charge in [0, 0.05) is 5.02 Å². The van der Waals surface area contributed by atoms with E-state index in [-0.39, 0.29) is 35.3 Å². The SMILES string of the molecule is CCOC(=O)c1c(NC(=O)c2ccc(COc3ccc(Cl)c(C)c3)o2)sc(C(C)=O)c1C. The van der Waals surface area contributed by atoms with Gasteiger partial charge in [0.15, 0.2) is 11.5 Å². The van der Waals surface area contributed by atoms with Crippen LogP contribution in [0.4, 0.5) is 5.00 Å². The second-order valence-corrected chi connectivity index (χ2v) is 8.38. The Balaban J connectivity index is 1.74. The highest BCUT2D eigenvalue weighted by atomic mass is 35.5. The summed E-state index contributed by atoms with van der Waals surface area (Å²) < 4.78 is 16.3. The third-order valence-electron chi connectivity index (χ3n) is 4.57. The number of hydrogen-bond acceptors (Lipinski definition) is 7. The van der Waals surface area contributed by atoms with E-state index in [2.05, 4.69) is 5.32 Å². The lowest BCUT2D eigenvalue weighted by Gasteiger charge is -2.07. The largest absolute Gasteiger partial charge is 0.486 e. The number of benzene rings is 1. The first kappa shape index (κ1) is 23.6. The van der Waals surface area contributed by atoms with Crippen LogP contribution in [0.2, 0.25) is 5.02 Å². The minimum absolute atomic E-state index is 0.0427. The summed E-state index contributed by atoms with van der Waals surface area (Å²) in [7, 11) is 0. The van der Waals surface area contributed by atoms with Gasteiger partial charge in [0.1, 0.15) is 23.1 Å². The summed E-state index contributed by atoms with van der Waals surface area (Å²) in [4.78, 5) is 37.4. The Labute approximate surface area is 194 Å². The summed E-state index contributed by atoms with van der Waals surface area (Å²) in [6, 6.07) is 8.44. The van der Waals surface area contributed by atoms with Crippen LogP contribution in [0.5, 0.6) is 5.75 Å². The van der Waals surface area contributed by atoms with Crippen LogP contribution in [0.3, 0.4) is 0 Å². The van der Waals surface area contributed by atoms with Crippen LogP contribution < -0.4 is 10.1 Å². The molecule has 1 N–H and O–H groups in total. The Bertz CT molecular complexity index is 1180. The van der Waals surface area contributed by atoms with Crippen LogP contribution in [0.25, 0.3) is 0 Å². The molecular formula is C23H22ClNO6S. The molecule has 168 valence electrons. The van der Waals surface area contributed by atoms with Crippen molar-refractivity contribution in [2.75, 3.05) is 11.9 Å². The van der Waals surface area contributed by atoms with Gasteiger partial charge in [0.05, 0.1) is 17.0 Å². The Hall–Kier alpha value is -3.10. The average Bonchev–Trinajstić information content (AvgIpc) is 3.34. The molecule has 9 heteroatoms. The normalized spacial score (nSPS) is 10.7. The van der Waals surface area contributed by atoms with Crippen molar-refractivity contribution in [3.05, 3.63) is 68.4 Å². The van der Waals surface area contributed by atoms with Crippen LogP contribution in [0, 0.1) is 13.8 Å². The van der Waals surface area contributed by atoms with Gasteiger partial charge in [-0.2, -0.15) is 0 Å². The standard InChI is InChI=1S/C23H22ClNO6S/c1-5-29-23(28)19-13(3)20(14(4)26)32-22(19)25-21(27)18-9-7-16(31-18)11-30-15-6-8-17(24)12(2)10-15/h6-10H,5,11H2,1-4H3,(H,25,27). The number of carbonyl (C=O) groups is 3. The van der Waals surface area contributed by atoms with E-state index in [0.717, 1.165) is 16.9 Å². The van der Waals surface area contributed by atoms with Gasteiger partial charge in [-0.05, 0) is 69.2 Å². The second-order valence-electron chi connectivity index (χ2n) is 6.96. The van der Waals surface area contributed by atoms with E-state index in [0.29, 0.717) is 27.0 Å². The Morgan fingerprint density at radius 2 is 1.91 bits per heavy atom. The topological polar surface area (TPSA) is 94.8 Å². The summed E-state index contributed by atoms with van der Waals surface area (Å²) in [5, 5.41) is 3.54. The maximum absolute atomic E-state index is 12.7. The minimum Gasteiger partial charge on any atom is -0.486 e. The lowest BCUT2D eigenvalue weighted by molar-refractivity contribution is 0.0527. The number of aryl methyl sites for hydroxylation is 1. The van der Waals surface area contributed by atoms with E-state index in [4.69, 9.17) is 25.5 Å². The Kier molecular flexibility index (Phi) is 7.37. The minimum atomic E-state index is -0.601. The third-order valence-corrected chi connectivity index (χ3v) is 6.30. The zero-order valence-corrected chi connectivity index (χ0v) is 19.6. The zero-order chi connectivity index (χ0) is 23.4. The van der Waals surface area contributed by atoms with E-state index < -0.39 is 11.9 Å². The average molecular weight is 476 g/mol. The van der Waals surface area contributed by atoms with E-state index in [9.17, 15) is 14.4 Å². The summed E-state index contributed by atoms with van der Waals surface area (Å²) in [5.41, 5.74) is 1.53. The molecule has 32 heavy (non-hydrogen) atoms. The van der Waals surface area contributed by atoms with Crippen molar-refractivity contribution in [3.63, 3.8) is 0 Å². The van der Waals surface area contributed by atoms with Crippen molar-refractivity contribution in [2.45, 2.75) is 34.3 Å². The number of nitrogens with one attached hydrogen (secondary N) is 1. The first-order valence-electron chi connectivity index (χ1n) is 9.81. The first-order chi connectivity index (χ1) is 15.2. The fourth-order valence-corrected chi connectivity index (χ4v) is 4.19. The molecular weight excluding hydrogens is 454 g/mol. The van der Waals surface area contributed by atoms with E-state index in [1.165, 1.54) is 13.0 Å². The number of Topliss-reactive ketones (excluding diaryl/α,β-unsaturated/α-hetero) is 1. The molecule has 0 saturated carbocycles. The number of thiophene rings is 1. The van der Waals surface area contributed by atoms with Gasteiger partial charge in [-0.3, -0.25) is 9.59 Å². The molecule has 3 rings (SSSR count). The molecule has 0 saturated heterocycles. The number of esters is 1. The van der Waals surface area contributed by atoms with Crippen LogP contribution >= 0.6 is 22.9 Å². The van der Waals surface area contributed by atoms with Gasteiger partial charge in [0.2, 0.25) is 0 Å². The molecule has 0 unspecified atom stereocenters. The zero-order valence-electron chi connectivity index (χ0n) is 18.0. The lowest BCUT2D eigenvalue weighted by Crippen LogP contribution is -2.14. The summed E-state index contributed by atoms with van der Waals surface area (Å²) in [6.07, 6.45) is 0. The highest BCUT2D eigenvalue weighted by Gasteiger charge is 2.26. The van der Waals surface area contributed by atoms with E-state index >= 15 is 0 Å². The number of rotatable bonds is 8. The quantitative estimate of drug-likeness (QED) is 0.325. The van der Waals surface area contributed by atoms with Crippen molar-refractivity contribution in [3.8, 4) is 5.75 Å². The molecule has 0 radical (unpaired) electrons. The first-order valence-corrected chi connectivity index (χ1v) is 11.0. The molecule has 0 aliphatic heterocycles. The molecule has 0 atom stereocenters. The third kappa shape index (κ3) is 5.20. The van der Waals surface area contributed by atoms with Crippen LogP contribution in [0.15, 0.2) is 34.7 Å². The Morgan fingerprint density at radius 3 is 2.56 bits per heavy atom. The smallest absolute Gasteiger partial charge is 0.341 e. The maximum Gasteiger partial charge on any atom is 0.341 e. The van der Waals surface area contributed by atoms with Crippen molar-refractivity contribution in [1.82, 2.24) is 0 Å². The summed E-state index contributed by atoms with van der Waals surface area (Å²) in [5.74, 6) is -0.245. The van der Waals surface area contributed by atoms with Crippen molar-refractivity contribution in [2.24, 2.45) is 0 Å². The van der Waals surface area contributed by atoms with Gasteiger partial charge in [-0.15, -0.1) is 11.3 Å². The maximum atomic E-state index is 12.7. The van der Waals surface area contributed by atoms with E-state index in [1.807, 2.05) is 13.0 Å². The monoisotopic (exact) mass is 475 g/mol. The molecule has 0 aliphatic carbocycles. The van der Waals surface area contributed by atoms with Crippen molar-refractivity contribution >= 4 is 45.6 Å². The number of halogens is 1. The summed E-state index contributed by atoms with van der Waals surface area (Å²) in [6.45, 7) is 6.90. The lowest BCUT2D eigenvalue weighted by atomic mass is 10.1. The summed E-state index contributed by atoms with van der Waals surface area (Å²) >= 11 is 7.04. The number of ketones is 1. The van der Waals surface area contributed by atoms with Crippen molar-refractivity contribution in [1.29, 1.82) is 0 Å². The fraction of sp³-hybridized carbons (Fsp3) is 0.261. The molecule has 2 aromatic heterocycles. The van der Waals surface area contributed by atoms with Gasteiger partial charge in [-0.1, -0.05) is 11.6 Å². The van der Waals surface area contributed by atoms with Crippen LogP contribution in [-0.4, -0.2) is 24.3 Å². The molecule has 0 fully saturated rings. The van der Waals surface area contributed by atoms with Gasteiger partial charge < -0.3 is 19.2 Å². The number of anilines is 1. The highest BCUT2D eigenvalue weighted by molar-refractivity contribution is 7.18. The fourth-order valence-electron chi connectivity index (χ4n) is 2.99. The van der Waals surface area contributed by atoms with Gasteiger partial charge >= 0.3 is 5.97 Å². The molecule has 3 aromatic rings. The number of furan rings is 1. The Morgan fingerprint density at radius 1 is 1.16 bits per heavy atom. The molecule has 0 spiro atoms. The molecule has 0 aliphatic rings.